The van der Waals surface area contributed by atoms with E-state index < -0.39 is 10.9 Å². The maximum absolute atomic E-state index is 11.0. The number of rotatable bonds is 5. The number of allylic oxidation sites excluding steroid dienone is 1. The van der Waals surface area contributed by atoms with Gasteiger partial charge in [-0.25, -0.2) is 4.79 Å². The van der Waals surface area contributed by atoms with Crippen LogP contribution in [0.15, 0.2) is 36.4 Å². The Hall–Kier alpha value is -2.17. The van der Waals surface area contributed by atoms with Crippen LogP contribution in [0.3, 0.4) is 0 Å². The summed E-state index contributed by atoms with van der Waals surface area (Å²) in [5.41, 5.74) is 0.624. The Balaban J connectivity index is 2.69. The summed E-state index contributed by atoms with van der Waals surface area (Å²) in [4.78, 5) is 21.3. The summed E-state index contributed by atoms with van der Waals surface area (Å²) >= 11 is 0. The molecule has 0 radical (unpaired) electrons. The number of hydrogen-bond acceptors (Lipinski definition) is 4. The van der Waals surface area contributed by atoms with Crippen LogP contribution in [-0.4, -0.2) is 17.5 Å². The summed E-state index contributed by atoms with van der Waals surface area (Å²) in [6.45, 7) is 2.03. The smallest absolute Gasteiger partial charge is 0.330 e. The molecule has 0 heterocycles. The molecule has 0 amide bonds. The van der Waals surface area contributed by atoms with Gasteiger partial charge in [0.1, 0.15) is 0 Å². The SMILES string of the molecule is CCOC(=O)/C=C/Cc1ccccc1[N+](=O)[O-]. The van der Waals surface area contributed by atoms with Crippen LogP contribution in [0.25, 0.3) is 0 Å². The van der Waals surface area contributed by atoms with Crippen molar-refractivity contribution in [3.05, 3.63) is 52.1 Å². The van der Waals surface area contributed by atoms with E-state index in [1.807, 2.05) is 0 Å². The predicted molar refractivity (Wildman–Crippen MR) is 62.6 cm³/mol. The first-order valence-corrected chi connectivity index (χ1v) is 5.20. The number of carbonyl (C=O) groups is 1. The van der Waals surface area contributed by atoms with Crippen molar-refractivity contribution >= 4 is 11.7 Å². The van der Waals surface area contributed by atoms with Crippen LogP contribution in [0.4, 0.5) is 5.69 Å². The molecule has 0 spiro atoms. The van der Waals surface area contributed by atoms with E-state index in [1.54, 1.807) is 31.2 Å². The fraction of sp³-hybridized carbons (Fsp3) is 0.250. The van der Waals surface area contributed by atoms with Crippen molar-refractivity contribution in [2.75, 3.05) is 6.61 Å². The molecule has 0 atom stereocenters. The van der Waals surface area contributed by atoms with Crippen molar-refractivity contribution in [1.29, 1.82) is 0 Å². The van der Waals surface area contributed by atoms with Crippen molar-refractivity contribution in [2.45, 2.75) is 13.3 Å². The van der Waals surface area contributed by atoms with Crippen LogP contribution in [0.5, 0.6) is 0 Å². The van der Waals surface area contributed by atoms with Gasteiger partial charge in [0.2, 0.25) is 0 Å². The first kappa shape index (κ1) is 12.9. The summed E-state index contributed by atoms with van der Waals surface area (Å²) in [7, 11) is 0. The van der Waals surface area contributed by atoms with Gasteiger partial charge in [-0.15, -0.1) is 0 Å². The van der Waals surface area contributed by atoms with Gasteiger partial charge in [0.25, 0.3) is 5.69 Å². The third kappa shape index (κ3) is 4.06. The van der Waals surface area contributed by atoms with E-state index in [9.17, 15) is 14.9 Å². The molecule has 0 saturated carbocycles. The third-order valence-electron chi connectivity index (χ3n) is 2.07. The number of nitro benzene ring substituents is 1. The van der Waals surface area contributed by atoms with Gasteiger partial charge < -0.3 is 4.74 Å². The van der Waals surface area contributed by atoms with Crippen molar-refractivity contribution in [3.63, 3.8) is 0 Å². The number of nitro groups is 1. The quantitative estimate of drug-likeness (QED) is 0.339. The molecule has 5 nitrogen and oxygen atoms in total. The fourth-order valence-electron chi connectivity index (χ4n) is 1.33. The highest BCUT2D eigenvalue weighted by molar-refractivity contribution is 5.81. The normalized spacial score (nSPS) is 10.4. The van der Waals surface area contributed by atoms with Gasteiger partial charge >= 0.3 is 5.97 Å². The van der Waals surface area contributed by atoms with Gasteiger partial charge in [0, 0.05) is 17.7 Å². The molecule has 90 valence electrons. The Morgan fingerprint density at radius 1 is 1.47 bits per heavy atom. The van der Waals surface area contributed by atoms with E-state index in [1.165, 1.54) is 12.1 Å². The fourth-order valence-corrected chi connectivity index (χ4v) is 1.33. The van der Waals surface area contributed by atoms with Crippen molar-refractivity contribution in [2.24, 2.45) is 0 Å². The molecule has 0 N–H and O–H groups in total. The number of esters is 1. The van der Waals surface area contributed by atoms with Crippen molar-refractivity contribution in [1.82, 2.24) is 0 Å². The van der Waals surface area contributed by atoms with Crippen LogP contribution in [0, 0.1) is 10.1 Å². The Morgan fingerprint density at radius 2 is 2.18 bits per heavy atom. The van der Waals surface area contributed by atoms with E-state index in [2.05, 4.69) is 0 Å². The van der Waals surface area contributed by atoms with Crippen LogP contribution in [-0.2, 0) is 16.0 Å². The zero-order valence-electron chi connectivity index (χ0n) is 9.46. The van der Waals surface area contributed by atoms with Gasteiger partial charge in [0.15, 0.2) is 0 Å². The molecular weight excluding hydrogens is 222 g/mol. The number of hydrogen-bond donors (Lipinski definition) is 0. The molecule has 5 heteroatoms. The van der Waals surface area contributed by atoms with Crippen molar-refractivity contribution in [3.8, 4) is 0 Å². The Bertz CT molecular complexity index is 440. The predicted octanol–water partition coefficient (Wildman–Crippen LogP) is 2.26. The third-order valence-corrected chi connectivity index (χ3v) is 2.07. The molecule has 0 aliphatic heterocycles. The van der Waals surface area contributed by atoms with Crippen LogP contribution < -0.4 is 0 Å². The second-order valence-corrected chi connectivity index (χ2v) is 3.24. The van der Waals surface area contributed by atoms with Gasteiger partial charge in [0.05, 0.1) is 11.5 Å². The molecule has 1 aromatic rings. The molecule has 17 heavy (non-hydrogen) atoms. The average Bonchev–Trinajstić information content (AvgIpc) is 2.30. The number of ether oxygens (including phenoxy) is 1. The van der Waals surface area contributed by atoms with E-state index >= 15 is 0 Å². The summed E-state index contributed by atoms with van der Waals surface area (Å²) in [6, 6.07) is 6.43. The zero-order valence-corrected chi connectivity index (χ0v) is 9.46. The Labute approximate surface area is 98.9 Å². The van der Waals surface area contributed by atoms with Crippen LogP contribution in [0.1, 0.15) is 12.5 Å². The minimum atomic E-state index is -0.439. The topological polar surface area (TPSA) is 69.4 Å². The zero-order chi connectivity index (χ0) is 12.7. The largest absolute Gasteiger partial charge is 0.463 e. The lowest BCUT2D eigenvalue weighted by atomic mass is 10.1. The number of carbonyl (C=O) groups excluding carboxylic acids is 1. The lowest BCUT2D eigenvalue weighted by molar-refractivity contribution is -0.385. The van der Waals surface area contributed by atoms with E-state index in [0.29, 0.717) is 18.6 Å². The molecule has 0 aliphatic rings. The number of para-hydroxylation sites is 1. The second-order valence-electron chi connectivity index (χ2n) is 3.24. The molecule has 0 unspecified atom stereocenters. The molecule has 0 bridgehead atoms. The maximum Gasteiger partial charge on any atom is 0.330 e. The number of benzene rings is 1. The minimum absolute atomic E-state index is 0.0565. The summed E-state index contributed by atoms with van der Waals surface area (Å²) < 4.78 is 4.70. The minimum Gasteiger partial charge on any atom is -0.463 e. The summed E-state index contributed by atoms with van der Waals surface area (Å²) in [5, 5.41) is 10.7. The highest BCUT2D eigenvalue weighted by Gasteiger charge is 2.10. The van der Waals surface area contributed by atoms with E-state index in [0.717, 1.165) is 0 Å². The maximum atomic E-state index is 11.0. The van der Waals surface area contributed by atoms with E-state index in [-0.39, 0.29) is 5.69 Å². The summed E-state index contributed by atoms with van der Waals surface area (Å²) in [5.74, 6) is -0.439. The lowest BCUT2D eigenvalue weighted by Gasteiger charge is -1.98. The molecular formula is C12H13NO4. The lowest BCUT2D eigenvalue weighted by Crippen LogP contribution is -1.99. The van der Waals surface area contributed by atoms with Gasteiger partial charge in [-0.1, -0.05) is 24.3 Å². The Kier molecular flexibility index (Phi) is 4.87. The average molecular weight is 235 g/mol. The van der Waals surface area contributed by atoms with Crippen molar-refractivity contribution < 1.29 is 14.5 Å². The Morgan fingerprint density at radius 3 is 2.82 bits per heavy atom. The van der Waals surface area contributed by atoms with E-state index in [4.69, 9.17) is 4.74 Å². The molecule has 0 aromatic heterocycles. The molecule has 1 aromatic carbocycles. The van der Waals surface area contributed by atoms with Gasteiger partial charge in [-0.2, -0.15) is 0 Å². The highest BCUT2D eigenvalue weighted by Crippen LogP contribution is 2.18. The van der Waals surface area contributed by atoms with Crippen LogP contribution >= 0.6 is 0 Å². The first-order valence-electron chi connectivity index (χ1n) is 5.20. The van der Waals surface area contributed by atoms with Crippen LogP contribution in [0.2, 0.25) is 0 Å². The first-order chi connectivity index (χ1) is 8.15. The van der Waals surface area contributed by atoms with Gasteiger partial charge in [-0.3, -0.25) is 10.1 Å². The second kappa shape index (κ2) is 6.42. The monoisotopic (exact) mass is 235 g/mol. The molecule has 0 fully saturated rings. The van der Waals surface area contributed by atoms with Gasteiger partial charge in [-0.05, 0) is 13.3 Å². The molecule has 1 rings (SSSR count). The molecule has 0 aliphatic carbocycles. The molecule has 0 saturated heterocycles. The summed E-state index contributed by atoms with van der Waals surface area (Å²) in [6.07, 6.45) is 3.16. The highest BCUT2D eigenvalue weighted by atomic mass is 16.6. The standard InChI is InChI=1S/C12H13NO4/c1-2-17-12(14)9-5-7-10-6-3-4-8-11(10)13(15)16/h3-6,8-9H,2,7H2,1H3/b9-5+. The number of nitrogens with zero attached hydrogens (tertiary/aromatic N) is 1.